The second kappa shape index (κ2) is 5.69. The molecule has 2 aromatic carbocycles. The zero-order valence-corrected chi connectivity index (χ0v) is 10.4. The molecule has 4 nitrogen and oxygen atoms in total. The van der Waals surface area contributed by atoms with Crippen molar-refractivity contribution in [3.05, 3.63) is 59.7 Å². The molecule has 0 heterocycles. The SMILES string of the molecule is Cc1ccc(NC(=O)Oc2ccccc2)cc1C#N. The van der Waals surface area contributed by atoms with Gasteiger partial charge in [-0.1, -0.05) is 24.3 Å². The summed E-state index contributed by atoms with van der Waals surface area (Å²) in [7, 11) is 0. The summed E-state index contributed by atoms with van der Waals surface area (Å²) in [6, 6.07) is 16.0. The minimum Gasteiger partial charge on any atom is -0.410 e. The average molecular weight is 252 g/mol. The van der Waals surface area contributed by atoms with E-state index in [9.17, 15) is 4.79 Å². The lowest BCUT2D eigenvalue weighted by molar-refractivity contribution is 0.215. The first kappa shape index (κ1) is 12.7. The minimum atomic E-state index is -0.584. The van der Waals surface area contributed by atoms with E-state index in [0.29, 0.717) is 17.0 Å². The maximum atomic E-state index is 11.7. The Bertz CT molecular complexity index is 630. The molecular formula is C15H12N2O2. The molecule has 0 unspecified atom stereocenters. The van der Waals surface area contributed by atoms with Crippen LogP contribution in [0.2, 0.25) is 0 Å². The van der Waals surface area contributed by atoms with Crippen molar-refractivity contribution in [2.45, 2.75) is 6.92 Å². The molecule has 0 aromatic heterocycles. The lowest BCUT2D eigenvalue weighted by Gasteiger charge is -2.07. The number of aryl methyl sites for hydroxylation is 1. The van der Waals surface area contributed by atoms with Crippen LogP contribution < -0.4 is 10.1 Å². The summed E-state index contributed by atoms with van der Waals surface area (Å²) in [5, 5.41) is 11.5. The van der Waals surface area contributed by atoms with E-state index in [-0.39, 0.29) is 0 Å². The first-order valence-corrected chi connectivity index (χ1v) is 5.73. The third kappa shape index (κ3) is 3.33. The number of nitriles is 1. The summed E-state index contributed by atoms with van der Waals surface area (Å²) in [4.78, 5) is 11.7. The van der Waals surface area contributed by atoms with Crippen molar-refractivity contribution in [3.63, 3.8) is 0 Å². The standard InChI is InChI=1S/C15H12N2O2/c1-11-7-8-13(9-12(11)10-16)17-15(18)19-14-5-3-2-4-6-14/h2-9H,1H3,(H,17,18). The molecule has 94 valence electrons. The van der Waals surface area contributed by atoms with Crippen LogP contribution in [0.4, 0.5) is 10.5 Å². The van der Waals surface area contributed by atoms with Crippen molar-refractivity contribution in [2.24, 2.45) is 0 Å². The van der Waals surface area contributed by atoms with E-state index >= 15 is 0 Å². The van der Waals surface area contributed by atoms with Crippen LogP contribution in [0.5, 0.6) is 5.75 Å². The number of hydrogen-bond acceptors (Lipinski definition) is 3. The fourth-order valence-corrected chi connectivity index (χ4v) is 1.56. The number of carbonyl (C=O) groups is 1. The van der Waals surface area contributed by atoms with E-state index in [1.807, 2.05) is 13.0 Å². The van der Waals surface area contributed by atoms with Crippen molar-refractivity contribution < 1.29 is 9.53 Å². The largest absolute Gasteiger partial charge is 0.417 e. The van der Waals surface area contributed by atoms with E-state index in [1.54, 1.807) is 42.5 Å². The monoisotopic (exact) mass is 252 g/mol. The Morgan fingerprint density at radius 2 is 1.95 bits per heavy atom. The van der Waals surface area contributed by atoms with Gasteiger partial charge >= 0.3 is 6.09 Å². The van der Waals surface area contributed by atoms with E-state index in [4.69, 9.17) is 10.00 Å². The topological polar surface area (TPSA) is 62.1 Å². The smallest absolute Gasteiger partial charge is 0.410 e. The van der Waals surface area contributed by atoms with Gasteiger partial charge in [-0.2, -0.15) is 5.26 Å². The van der Waals surface area contributed by atoms with Gasteiger partial charge in [0.25, 0.3) is 0 Å². The van der Waals surface area contributed by atoms with Crippen LogP contribution in [0.3, 0.4) is 0 Å². The Balaban J connectivity index is 2.06. The molecule has 0 spiro atoms. The number of amides is 1. The summed E-state index contributed by atoms with van der Waals surface area (Å²) in [6.07, 6.45) is -0.584. The lowest BCUT2D eigenvalue weighted by atomic mass is 10.1. The summed E-state index contributed by atoms with van der Waals surface area (Å²) >= 11 is 0. The second-order valence-electron chi connectivity index (χ2n) is 3.97. The number of nitrogens with one attached hydrogen (secondary N) is 1. The van der Waals surface area contributed by atoms with Crippen LogP contribution in [0, 0.1) is 18.3 Å². The van der Waals surface area contributed by atoms with Gasteiger partial charge in [0.05, 0.1) is 11.6 Å². The van der Waals surface area contributed by atoms with Gasteiger partial charge < -0.3 is 4.74 Å². The van der Waals surface area contributed by atoms with Crippen LogP contribution in [-0.4, -0.2) is 6.09 Å². The van der Waals surface area contributed by atoms with E-state index in [0.717, 1.165) is 5.56 Å². The summed E-state index contributed by atoms with van der Waals surface area (Å²) in [5.41, 5.74) is 1.92. The van der Waals surface area contributed by atoms with E-state index < -0.39 is 6.09 Å². The zero-order valence-electron chi connectivity index (χ0n) is 10.4. The van der Waals surface area contributed by atoms with Crippen molar-refractivity contribution in [1.29, 1.82) is 5.26 Å². The number of carbonyl (C=O) groups excluding carboxylic acids is 1. The zero-order chi connectivity index (χ0) is 13.7. The van der Waals surface area contributed by atoms with Gasteiger partial charge in [-0.25, -0.2) is 4.79 Å². The molecule has 4 heteroatoms. The van der Waals surface area contributed by atoms with Crippen LogP contribution >= 0.6 is 0 Å². The third-order valence-corrected chi connectivity index (χ3v) is 2.56. The number of rotatable bonds is 2. The van der Waals surface area contributed by atoms with E-state index in [2.05, 4.69) is 11.4 Å². The molecule has 2 rings (SSSR count). The predicted molar refractivity (Wildman–Crippen MR) is 72.0 cm³/mol. The van der Waals surface area contributed by atoms with Crippen molar-refractivity contribution in [1.82, 2.24) is 0 Å². The number of para-hydroxylation sites is 1. The Kier molecular flexibility index (Phi) is 3.79. The number of anilines is 1. The highest BCUT2D eigenvalue weighted by molar-refractivity contribution is 5.86. The molecule has 0 aliphatic carbocycles. The average Bonchev–Trinajstić information content (AvgIpc) is 2.42. The Morgan fingerprint density at radius 3 is 2.63 bits per heavy atom. The molecule has 1 N–H and O–H groups in total. The molecule has 0 aliphatic rings. The Hall–Kier alpha value is -2.80. The third-order valence-electron chi connectivity index (χ3n) is 2.56. The van der Waals surface area contributed by atoms with Crippen LogP contribution in [0.25, 0.3) is 0 Å². The highest BCUT2D eigenvalue weighted by Crippen LogP contribution is 2.15. The Morgan fingerprint density at radius 1 is 1.21 bits per heavy atom. The fourth-order valence-electron chi connectivity index (χ4n) is 1.56. The second-order valence-corrected chi connectivity index (χ2v) is 3.97. The molecule has 1 amide bonds. The molecule has 0 aliphatic heterocycles. The first-order valence-electron chi connectivity index (χ1n) is 5.73. The molecule has 0 bridgehead atoms. The molecule has 0 saturated heterocycles. The first-order chi connectivity index (χ1) is 9.19. The molecule has 0 fully saturated rings. The van der Waals surface area contributed by atoms with Gasteiger partial charge in [-0.3, -0.25) is 5.32 Å². The van der Waals surface area contributed by atoms with Crippen LogP contribution in [0.1, 0.15) is 11.1 Å². The van der Waals surface area contributed by atoms with Crippen molar-refractivity contribution >= 4 is 11.8 Å². The number of benzene rings is 2. The summed E-state index contributed by atoms with van der Waals surface area (Å²) in [6.45, 7) is 1.84. The van der Waals surface area contributed by atoms with Gasteiger partial charge in [0.2, 0.25) is 0 Å². The van der Waals surface area contributed by atoms with Gasteiger partial charge in [-0.05, 0) is 36.8 Å². The summed E-state index contributed by atoms with van der Waals surface area (Å²) in [5.74, 6) is 0.465. The highest BCUT2D eigenvalue weighted by atomic mass is 16.6. The maximum Gasteiger partial charge on any atom is 0.417 e. The van der Waals surface area contributed by atoms with Gasteiger partial charge in [0, 0.05) is 5.69 Å². The quantitative estimate of drug-likeness (QED) is 0.890. The Labute approximate surface area is 111 Å². The molecular weight excluding hydrogens is 240 g/mol. The van der Waals surface area contributed by atoms with Crippen molar-refractivity contribution in [3.8, 4) is 11.8 Å². The molecule has 19 heavy (non-hydrogen) atoms. The molecule has 0 atom stereocenters. The molecule has 0 saturated carbocycles. The summed E-state index contributed by atoms with van der Waals surface area (Å²) < 4.78 is 5.09. The van der Waals surface area contributed by atoms with E-state index in [1.165, 1.54) is 0 Å². The van der Waals surface area contributed by atoms with Crippen molar-refractivity contribution in [2.75, 3.05) is 5.32 Å². The molecule has 0 radical (unpaired) electrons. The maximum absolute atomic E-state index is 11.7. The van der Waals surface area contributed by atoms with Gasteiger partial charge in [-0.15, -0.1) is 0 Å². The predicted octanol–water partition coefficient (Wildman–Crippen LogP) is 3.48. The van der Waals surface area contributed by atoms with Crippen LogP contribution in [-0.2, 0) is 0 Å². The lowest BCUT2D eigenvalue weighted by Crippen LogP contribution is -2.16. The number of hydrogen-bond donors (Lipinski definition) is 1. The minimum absolute atomic E-state index is 0.465. The number of nitrogens with zero attached hydrogens (tertiary/aromatic N) is 1. The normalized spacial score (nSPS) is 9.47. The highest BCUT2D eigenvalue weighted by Gasteiger charge is 2.06. The number of ether oxygens (including phenoxy) is 1. The van der Waals surface area contributed by atoms with Crippen LogP contribution in [0.15, 0.2) is 48.5 Å². The fraction of sp³-hybridized carbons (Fsp3) is 0.0667. The van der Waals surface area contributed by atoms with Gasteiger partial charge in [0.1, 0.15) is 5.75 Å². The molecule has 2 aromatic rings. The van der Waals surface area contributed by atoms with Gasteiger partial charge in [0.15, 0.2) is 0 Å².